The fourth-order valence-electron chi connectivity index (χ4n) is 2.69. The molecule has 1 saturated heterocycles. The van der Waals surface area contributed by atoms with Gasteiger partial charge in [0.1, 0.15) is 11.9 Å². The van der Waals surface area contributed by atoms with Crippen LogP contribution in [-0.4, -0.2) is 39.4 Å². The molecule has 0 aliphatic carbocycles. The van der Waals surface area contributed by atoms with Crippen molar-refractivity contribution in [3.8, 4) is 0 Å². The molecule has 0 spiro atoms. The molecule has 0 bridgehead atoms. The van der Waals surface area contributed by atoms with Crippen LogP contribution in [0.3, 0.4) is 0 Å². The van der Waals surface area contributed by atoms with E-state index in [1.807, 2.05) is 28.6 Å². The Hall–Kier alpha value is -2.31. The van der Waals surface area contributed by atoms with Crippen molar-refractivity contribution in [2.75, 3.05) is 23.3 Å². The van der Waals surface area contributed by atoms with Crippen molar-refractivity contribution in [2.24, 2.45) is 5.73 Å². The lowest BCUT2D eigenvalue weighted by atomic mass is 10.2. The number of rotatable bonds is 4. The van der Waals surface area contributed by atoms with E-state index in [2.05, 4.69) is 15.3 Å². The molecule has 2 aromatic rings. The van der Waals surface area contributed by atoms with Gasteiger partial charge in [0.05, 0.1) is 6.20 Å². The first-order valence-electron chi connectivity index (χ1n) is 6.84. The van der Waals surface area contributed by atoms with Gasteiger partial charge in [-0.05, 0) is 19.8 Å². The van der Waals surface area contributed by atoms with Gasteiger partial charge in [0.15, 0.2) is 11.5 Å². The zero-order valence-corrected chi connectivity index (χ0v) is 11.4. The van der Waals surface area contributed by atoms with E-state index in [4.69, 9.17) is 5.73 Å². The zero-order chi connectivity index (χ0) is 14.1. The van der Waals surface area contributed by atoms with E-state index in [9.17, 15) is 4.79 Å². The molecular formula is C13H18N6O. The third-order valence-electron chi connectivity index (χ3n) is 3.57. The molecule has 7 nitrogen and oxygen atoms in total. The Labute approximate surface area is 116 Å². The molecule has 7 heteroatoms. The molecule has 3 N–H and O–H groups in total. The van der Waals surface area contributed by atoms with E-state index >= 15 is 0 Å². The number of fused-ring (bicyclic) bond motifs is 1. The fourth-order valence-corrected chi connectivity index (χ4v) is 2.69. The molecule has 0 saturated carbocycles. The van der Waals surface area contributed by atoms with Gasteiger partial charge in [0.2, 0.25) is 5.91 Å². The molecule has 1 atom stereocenters. The van der Waals surface area contributed by atoms with Crippen molar-refractivity contribution < 1.29 is 4.79 Å². The molecule has 1 aliphatic heterocycles. The topological polar surface area (TPSA) is 88.5 Å². The van der Waals surface area contributed by atoms with Gasteiger partial charge in [-0.2, -0.15) is 0 Å². The standard InChI is InChI=1S/C13H18N6O/c1-2-15-10-8-18-7-5-16-12(18)13(17-10)19-6-3-4-9(19)11(14)20/h5,7-9,15H,2-4,6H2,1H3,(H2,14,20). The Bertz CT molecular complexity index is 637. The van der Waals surface area contributed by atoms with E-state index in [-0.39, 0.29) is 11.9 Å². The van der Waals surface area contributed by atoms with Crippen molar-refractivity contribution in [3.63, 3.8) is 0 Å². The molecule has 20 heavy (non-hydrogen) atoms. The zero-order valence-electron chi connectivity index (χ0n) is 11.4. The predicted molar refractivity (Wildman–Crippen MR) is 76.7 cm³/mol. The third kappa shape index (κ3) is 2.04. The van der Waals surface area contributed by atoms with Crippen molar-refractivity contribution in [2.45, 2.75) is 25.8 Å². The Balaban J connectivity index is 2.09. The summed E-state index contributed by atoms with van der Waals surface area (Å²) in [6, 6.07) is -0.292. The number of aromatic nitrogens is 3. The van der Waals surface area contributed by atoms with Crippen LogP contribution in [0.25, 0.3) is 5.65 Å². The summed E-state index contributed by atoms with van der Waals surface area (Å²) in [5, 5.41) is 3.19. The maximum atomic E-state index is 11.6. The minimum atomic E-state index is -0.303. The minimum Gasteiger partial charge on any atom is -0.369 e. The van der Waals surface area contributed by atoms with Crippen LogP contribution in [0.2, 0.25) is 0 Å². The Kier molecular flexibility index (Phi) is 3.17. The number of amides is 1. The number of imidazole rings is 1. The summed E-state index contributed by atoms with van der Waals surface area (Å²) in [7, 11) is 0. The summed E-state index contributed by atoms with van der Waals surface area (Å²) < 4.78 is 1.91. The maximum absolute atomic E-state index is 11.6. The average molecular weight is 274 g/mol. The molecule has 1 fully saturated rings. The van der Waals surface area contributed by atoms with Gasteiger partial charge < -0.3 is 20.4 Å². The van der Waals surface area contributed by atoms with Crippen LogP contribution in [0, 0.1) is 0 Å². The Morgan fingerprint density at radius 3 is 3.20 bits per heavy atom. The van der Waals surface area contributed by atoms with E-state index in [0.29, 0.717) is 0 Å². The van der Waals surface area contributed by atoms with Crippen molar-refractivity contribution in [3.05, 3.63) is 18.6 Å². The second kappa shape index (κ2) is 4.99. The smallest absolute Gasteiger partial charge is 0.240 e. The Morgan fingerprint density at radius 2 is 2.45 bits per heavy atom. The summed E-state index contributed by atoms with van der Waals surface area (Å²) in [5.41, 5.74) is 6.24. The summed E-state index contributed by atoms with van der Waals surface area (Å²) in [5.74, 6) is 1.18. The van der Waals surface area contributed by atoms with Gasteiger partial charge in [0, 0.05) is 25.5 Å². The number of primary amides is 1. The molecule has 0 aromatic carbocycles. The highest BCUT2D eigenvalue weighted by molar-refractivity contribution is 5.85. The second-order valence-electron chi connectivity index (χ2n) is 4.89. The first kappa shape index (κ1) is 12.7. The van der Waals surface area contributed by atoms with Gasteiger partial charge in [-0.15, -0.1) is 0 Å². The predicted octanol–water partition coefficient (Wildman–Crippen LogP) is 0.615. The molecule has 0 radical (unpaired) electrons. The largest absolute Gasteiger partial charge is 0.369 e. The number of nitrogens with two attached hydrogens (primary N) is 1. The number of anilines is 2. The van der Waals surface area contributed by atoms with E-state index in [1.54, 1.807) is 6.20 Å². The summed E-state index contributed by atoms with van der Waals surface area (Å²) >= 11 is 0. The number of carbonyl (C=O) groups excluding carboxylic acids is 1. The first-order chi connectivity index (χ1) is 9.70. The molecule has 1 aliphatic rings. The van der Waals surface area contributed by atoms with Crippen LogP contribution in [0.5, 0.6) is 0 Å². The van der Waals surface area contributed by atoms with Gasteiger partial charge in [0.25, 0.3) is 0 Å². The second-order valence-corrected chi connectivity index (χ2v) is 4.89. The summed E-state index contributed by atoms with van der Waals surface area (Å²) in [6.07, 6.45) is 7.20. The summed E-state index contributed by atoms with van der Waals surface area (Å²) in [4.78, 5) is 22.5. The molecule has 2 aromatic heterocycles. The van der Waals surface area contributed by atoms with E-state index in [1.165, 1.54) is 0 Å². The number of hydrogen-bond donors (Lipinski definition) is 2. The lowest BCUT2D eigenvalue weighted by Gasteiger charge is -2.24. The van der Waals surface area contributed by atoms with Crippen LogP contribution in [0.4, 0.5) is 11.6 Å². The fraction of sp³-hybridized carbons (Fsp3) is 0.462. The van der Waals surface area contributed by atoms with Crippen LogP contribution in [0.1, 0.15) is 19.8 Å². The van der Waals surface area contributed by atoms with Crippen LogP contribution in [-0.2, 0) is 4.79 Å². The summed E-state index contributed by atoms with van der Waals surface area (Å²) in [6.45, 7) is 3.58. The normalized spacial score (nSPS) is 18.6. The number of carbonyl (C=O) groups is 1. The van der Waals surface area contributed by atoms with Crippen LogP contribution >= 0.6 is 0 Å². The van der Waals surface area contributed by atoms with Crippen molar-refractivity contribution >= 4 is 23.2 Å². The van der Waals surface area contributed by atoms with Gasteiger partial charge in [-0.3, -0.25) is 4.79 Å². The molecule has 106 valence electrons. The highest BCUT2D eigenvalue weighted by Gasteiger charge is 2.31. The SMILES string of the molecule is CCNc1cn2ccnc2c(N2CCCC2C(N)=O)n1. The lowest BCUT2D eigenvalue weighted by Crippen LogP contribution is -2.41. The highest BCUT2D eigenvalue weighted by Crippen LogP contribution is 2.28. The molecule has 3 heterocycles. The average Bonchev–Trinajstić information content (AvgIpc) is 3.06. The number of hydrogen-bond acceptors (Lipinski definition) is 5. The third-order valence-corrected chi connectivity index (χ3v) is 3.57. The van der Waals surface area contributed by atoms with Gasteiger partial charge >= 0.3 is 0 Å². The quantitative estimate of drug-likeness (QED) is 0.853. The first-order valence-corrected chi connectivity index (χ1v) is 6.84. The van der Waals surface area contributed by atoms with Crippen LogP contribution in [0.15, 0.2) is 18.6 Å². The van der Waals surface area contributed by atoms with Gasteiger partial charge in [-0.1, -0.05) is 0 Å². The molecule has 3 rings (SSSR count). The highest BCUT2D eigenvalue weighted by atomic mass is 16.1. The molecule has 1 amide bonds. The van der Waals surface area contributed by atoms with E-state index < -0.39 is 0 Å². The Morgan fingerprint density at radius 1 is 1.60 bits per heavy atom. The van der Waals surface area contributed by atoms with Crippen molar-refractivity contribution in [1.82, 2.24) is 14.4 Å². The molecule has 1 unspecified atom stereocenters. The number of nitrogens with zero attached hydrogens (tertiary/aromatic N) is 4. The monoisotopic (exact) mass is 274 g/mol. The van der Waals surface area contributed by atoms with Crippen LogP contribution < -0.4 is 16.0 Å². The lowest BCUT2D eigenvalue weighted by molar-refractivity contribution is -0.119. The van der Waals surface area contributed by atoms with Crippen molar-refractivity contribution in [1.29, 1.82) is 0 Å². The maximum Gasteiger partial charge on any atom is 0.240 e. The number of nitrogens with one attached hydrogen (secondary N) is 1. The van der Waals surface area contributed by atoms with Gasteiger partial charge in [-0.25, -0.2) is 9.97 Å². The van der Waals surface area contributed by atoms with E-state index in [0.717, 1.165) is 43.2 Å². The minimum absolute atomic E-state index is 0.292. The molecular weight excluding hydrogens is 256 g/mol.